The number of rotatable bonds is 3. The molecule has 0 amide bonds. The Morgan fingerprint density at radius 2 is 1.72 bits per heavy atom. The number of para-hydroxylation sites is 2. The Balaban J connectivity index is 2.14. The van der Waals surface area contributed by atoms with Gasteiger partial charge >= 0.3 is 5.69 Å². The molecule has 8 heteroatoms. The maximum absolute atomic E-state index is 13.0. The highest BCUT2D eigenvalue weighted by Gasteiger charge is 2.14. The molecule has 7 nitrogen and oxygen atoms in total. The van der Waals surface area contributed by atoms with Crippen LogP contribution in [-0.2, 0) is 0 Å². The monoisotopic (exact) mass is 341 g/mol. The highest BCUT2D eigenvalue weighted by atomic mass is 19.1. The Kier molecular flexibility index (Phi) is 4.17. The lowest BCUT2D eigenvalue weighted by molar-refractivity contribution is 0.430. The number of halogens is 1. The normalized spacial score (nSPS) is 11.1. The molecule has 0 saturated heterocycles. The maximum Gasteiger partial charge on any atom is 0.335 e. The molecule has 3 rings (SSSR count). The fourth-order valence-electron chi connectivity index (χ4n) is 2.19. The van der Waals surface area contributed by atoms with Gasteiger partial charge < -0.3 is 10.2 Å². The summed E-state index contributed by atoms with van der Waals surface area (Å²) in [6.45, 7) is 0. The zero-order chi connectivity index (χ0) is 18.0. The Morgan fingerprint density at radius 3 is 2.40 bits per heavy atom. The van der Waals surface area contributed by atoms with Crippen molar-refractivity contribution >= 4 is 11.9 Å². The van der Waals surface area contributed by atoms with Crippen LogP contribution in [0.3, 0.4) is 0 Å². The molecular weight excluding hydrogens is 329 g/mol. The summed E-state index contributed by atoms with van der Waals surface area (Å²) in [5.74, 6) is -1.27. The summed E-state index contributed by atoms with van der Waals surface area (Å²) in [5.41, 5.74) is -1.67. The van der Waals surface area contributed by atoms with E-state index >= 15 is 0 Å². The number of H-pyrrole nitrogens is 1. The van der Waals surface area contributed by atoms with Crippen molar-refractivity contribution in [2.24, 2.45) is 4.99 Å². The molecule has 0 fully saturated rings. The van der Waals surface area contributed by atoms with Gasteiger partial charge in [0.05, 0.1) is 5.69 Å². The van der Waals surface area contributed by atoms with Crippen molar-refractivity contribution in [1.29, 1.82) is 0 Å². The highest BCUT2D eigenvalue weighted by molar-refractivity contribution is 5.84. The first kappa shape index (κ1) is 16.2. The van der Waals surface area contributed by atoms with Gasteiger partial charge in [-0.2, -0.15) is 0 Å². The number of nitrogens with one attached hydrogen (secondary N) is 1. The second kappa shape index (κ2) is 6.44. The summed E-state index contributed by atoms with van der Waals surface area (Å²) in [7, 11) is 0. The lowest BCUT2D eigenvalue weighted by atomic mass is 10.2. The average molecular weight is 341 g/mol. The van der Waals surface area contributed by atoms with Gasteiger partial charge in [0.2, 0.25) is 5.88 Å². The number of aromatic hydroxyl groups is 2. The molecule has 0 atom stereocenters. The van der Waals surface area contributed by atoms with Gasteiger partial charge in [0.1, 0.15) is 22.8 Å². The van der Waals surface area contributed by atoms with Crippen LogP contribution in [0, 0.1) is 5.82 Å². The quantitative estimate of drug-likeness (QED) is 0.632. The van der Waals surface area contributed by atoms with Gasteiger partial charge in [0.15, 0.2) is 0 Å². The van der Waals surface area contributed by atoms with Crippen LogP contribution >= 0.6 is 0 Å². The van der Waals surface area contributed by atoms with Crippen molar-refractivity contribution in [2.45, 2.75) is 0 Å². The molecule has 0 saturated carbocycles. The van der Waals surface area contributed by atoms with E-state index < -0.39 is 22.9 Å². The number of phenols is 1. The Morgan fingerprint density at radius 1 is 1.04 bits per heavy atom. The molecule has 0 aliphatic carbocycles. The molecule has 1 heterocycles. The third-order valence-electron chi connectivity index (χ3n) is 3.42. The molecule has 0 spiro atoms. The summed E-state index contributed by atoms with van der Waals surface area (Å²) in [6, 6.07) is 10.9. The molecule has 3 aromatic rings. The molecule has 3 N–H and O–H groups in total. The van der Waals surface area contributed by atoms with Crippen LogP contribution in [0.4, 0.5) is 10.1 Å². The minimum Gasteiger partial charge on any atom is -0.506 e. The van der Waals surface area contributed by atoms with Crippen LogP contribution in [0.25, 0.3) is 5.69 Å². The van der Waals surface area contributed by atoms with Crippen LogP contribution in [-0.4, -0.2) is 26.0 Å². The van der Waals surface area contributed by atoms with Crippen LogP contribution < -0.4 is 11.2 Å². The standard InChI is InChI=1S/C17H12FN3O4/c18-10-5-7-11(8-6-10)21-16(24)12(15(23)20-17(21)25)9-19-13-3-1-2-4-14(13)22/h1-9,22,24H,(H,20,23,25). The summed E-state index contributed by atoms with van der Waals surface area (Å²) in [6.07, 6.45) is 1.03. The lowest BCUT2D eigenvalue weighted by Gasteiger charge is -2.09. The topological polar surface area (TPSA) is 108 Å². The van der Waals surface area contributed by atoms with E-state index in [2.05, 4.69) is 9.98 Å². The van der Waals surface area contributed by atoms with E-state index in [1.54, 1.807) is 12.1 Å². The molecule has 126 valence electrons. The summed E-state index contributed by atoms with van der Waals surface area (Å²) in [4.78, 5) is 30.0. The molecule has 25 heavy (non-hydrogen) atoms. The van der Waals surface area contributed by atoms with Crippen LogP contribution in [0.5, 0.6) is 11.6 Å². The number of hydrogen-bond acceptors (Lipinski definition) is 5. The van der Waals surface area contributed by atoms with Crippen molar-refractivity contribution in [3.05, 3.63) is 80.7 Å². The number of phenolic OH excluding ortho intramolecular Hbond substituents is 1. The van der Waals surface area contributed by atoms with E-state index in [4.69, 9.17) is 0 Å². The van der Waals surface area contributed by atoms with E-state index in [-0.39, 0.29) is 22.7 Å². The van der Waals surface area contributed by atoms with E-state index in [1.165, 1.54) is 24.3 Å². The van der Waals surface area contributed by atoms with E-state index in [9.17, 15) is 24.2 Å². The van der Waals surface area contributed by atoms with Crippen molar-refractivity contribution in [3.63, 3.8) is 0 Å². The highest BCUT2D eigenvalue weighted by Crippen LogP contribution is 2.25. The molecule has 0 unspecified atom stereocenters. The fourth-order valence-corrected chi connectivity index (χ4v) is 2.19. The van der Waals surface area contributed by atoms with Crippen LogP contribution in [0.1, 0.15) is 5.56 Å². The van der Waals surface area contributed by atoms with Crippen molar-refractivity contribution < 1.29 is 14.6 Å². The maximum atomic E-state index is 13.0. The minimum absolute atomic E-state index is 0.110. The fraction of sp³-hybridized carbons (Fsp3) is 0. The van der Waals surface area contributed by atoms with E-state index in [0.717, 1.165) is 22.9 Å². The van der Waals surface area contributed by atoms with Crippen molar-refractivity contribution in [3.8, 4) is 17.3 Å². The molecule has 1 aromatic heterocycles. The van der Waals surface area contributed by atoms with Crippen LogP contribution in [0.2, 0.25) is 0 Å². The van der Waals surface area contributed by atoms with Crippen LogP contribution in [0.15, 0.2) is 63.1 Å². The van der Waals surface area contributed by atoms with Crippen molar-refractivity contribution in [2.75, 3.05) is 0 Å². The predicted octanol–water partition coefficient (Wildman–Crippen LogP) is 1.83. The van der Waals surface area contributed by atoms with Gasteiger partial charge in [-0.05, 0) is 36.4 Å². The minimum atomic E-state index is -0.881. The number of aliphatic imine (C=N–C) groups is 1. The number of nitrogens with zero attached hydrogens (tertiary/aromatic N) is 2. The zero-order valence-corrected chi connectivity index (χ0v) is 12.7. The molecular formula is C17H12FN3O4. The summed E-state index contributed by atoms with van der Waals surface area (Å²) < 4.78 is 13.9. The van der Waals surface area contributed by atoms with Gasteiger partial charge in [-0.25, -0.2) is 13.8 Å². The Bertz CT molecular complexity index is 1070. The third-order valence-corrected chi connectivity index (χ3v) is 3.42. The van der Waals surface area contributed by atoms with Crippen molar-refractivity contribution in [1.82, 2.24) is 9.55 Å². The molecule has 0 radical (unpaired) electrons. The first-order valence-electron chi connectivity index (χ1n) is 7.13. The number of benzene rings is 2. The second-order valence-corrected chi connectivity index (χ2v) is 5.06. The predicted molar refractivity (Wildman–Crippen MR) is 89.6 cm³/mol. The first-order chi connectivity index (χ1) is 12.0. The summed E-state index contributed by atoms with van der Waals surface area (Å²) in [5, 5.41) is 20.0. The van der Waals surface area contributed by atoms with Gasteiger partial charge in [-0.1, -0.05) is 12.1 Å². The van der Waals surface area contributed by atoms with Gasteiger partial charge in [0, 0.05) is 6.21 Å². The summed E-state index contributed by atoms with van der Waals surface area (Å²) >= 11 is 0. The molecule has 0 aliphatic rings. The average Bonchev–Trinajstić information content (AvgIpc) is 2.57. The Hall–Kier alpha value is -3.68. The third kappa shape index (κ3) is 3.18. The number of aromatic amines is 1. The van der Waals surface area contributed by atoms with E-state index in [0.29, 0.717) is 0 Å². The van der Waals surface area contributed by atoms with Gasteiger partial charge in [-0.15, -0.1) is 0 Å². The number of aromatic nitrogens is 2. The van der Waals surface area contributed by atoms with Gasteiger partial charge in [0.25, 0.3) is 5.56 Å². The lowest BCUT2D eigenvalue weighted by Crippen LogP contribution is -2.31. The molecule has 0 bridgehead atoms. The zero-order valence-electron chi connectivity index (χ0n) is 12.7. The first-order valence-corrected chi connectivity index (χ1v) is 7.13. The Labute approximate surface area is 140 Å². The number of hydrogen-bond donors (Lipinski definition) is 3. The smallest absolute Gasteiger partial charge is 0.335 e. The van der Waals surface area contributed by atoms with Gasteiger partial charge in [-0.3, -0.25) is 14.8 Å². The SMILES string of the molecule is O=c1[nH]c(=O)n(-c2ccc(F)cc2)c(O)c1C=Nc1ccccc1O. The van der Waals surface area contributed by atoms with E-state index in [1.807, 2.05) is 0 Å². The molecule has 2 aromatic carbocycles. The second-order valence-electron chi connectivity index (χ2n) is 5.06. The molecule has 0 aliphatic heterocycles. The largest absolute Gasteiger partial charge is 0.506 e.